The van der Waals surface area contributed by atoms with Crippen LogP contribution in [0.25, 0.3) is 0 Å². The van der Waals surface area contributed by atoms with Crippen LogP contribution in [0.2, 0.25) is 5.02 Å². The normalized spacial score (nSPS) is 32.4. The van der Waals surface area contributed by atoms with Crippen LogP contribution in [0.3, 0.4) is 0 Å². The van der Waals surface area contributed by atoms with Gasteiger partial charge in [0, 0.05) is 4.88 Å². The second-order valence-electron chi connectivity index (χ2n) is 4.58. The maximum Gasteiger partial charge on any atom is 0.0545 e. The van der Waals surface area contributed by atoms with Crippen LogP contribution in [0.5, 0.6) is 0 Å². The Hall–Kier alpha value is -0.0500. The van der Waals surface area contributed by atoms with Crippen LogP contribution in [0.15, 0.2) is 11.4 Å². The van der Waals surface area contributed by atoms with Gasteiger partial charge in [-0.05, 0) is 42.5 Å². The first-order chi connectivity index (χ1) is 6.59. The zero-order valence-electron chi connectivity index (χ0n) is 8.29. The molecule has 1 heterocycles. The van der Waals surface area contributed by atoms with Crippen LogP contribution in [-0.2, 0) is 6.42 Å². The van der Waals surface area contributed by atoms with Gasteiger partial charge in [-0.25, -0.2) is 0 Å². The maximum absolute atomic E-state index is 9.53. The summed E-state index contributed by atoms with van der Waals surface area (Å²) in [5, 5.41) is 12.5. The van der Waals surface area contributed by atoms with E-state index in [0.29, 0.717) is 0 Å². The van der Waals surface area contributed by atoms with Crippen molar-refractivity contribution < 1.29 is 5.11 Å². The van der Waals surface area contributed by atoms with Gasteiger partial charge < -0.3 is 5.11 Å². The molecule has 3 heteroatoms. The summed E-state index contributed by atoms with van der Waals surface area (Å²) >= 11 is 7.79. The van der Waals surface area contributed by atoms with Gasteiger partial charge in [-0.15, -0.1) is 11.3 Å². The third kappa shape index (κ3) is 2.13. The molecule has 0 aliphatic heterocycles. The van der Waals surface area contributed by atoms with E-state index >= 15 is 0 Å². The molecule has 0 saturated heterocycles. The van der Waals surface area contributed by atoms with Gasteiger partial charge in [0.15, 0.2) is 0 Å². The standard InChI is InChI=1S/C11H15ClOS/c1-11(4-2-8(13)6-11)7-10-9(12)3-5-14-10/h3,5,8,13H,2,4,6-7H2,1H3. The van der Waals surface area contributed by atoms with Crippen LogP contribution in [0.1, 0.15) is 31.1 Å². The van der Waals surface area contributed by atoms with Crippen molar-refractivity contribution in [1.82, 2.24) is 0 Å². The lowest BCUT2D eigenvalue weighted by molar-refractivity contribution is 0.164. The number of hydrogen-bond acceptors (Lipinski definition) is 2. The van der Waals surface area contributed by atoms with E-state index in [1.165, 1.54) is 4.88 Å². The summed E-state index contributed by atoms with van der Waals surface area (Å²) in [7, 11) is 0. The first kappa shape index (κ1) is 10.5. The quantitative estimate of drug-likeness (QED) is 0.825. The van der Waals surface area contributed by atoms with E-state index in [-0.39, 0.29) is 11.5 Å². The van der Waals surface area contributed by atoms with Crippen molar-refractivity contribution in [1.29, 1.82) is 0 Å². The minimum Gasteiger partial charge on any atom is -0.393 e. The fourth-order valence-electron chi connectivity index (χ4n) is 2.29. The van der Waals surface area contributed by atoms with E-state index in [1.807, 2.05) is 11.4 Å². The maximum atomic E-state index is 9.53. The SMILES string of the molecule is CC1(Cc2sccc2Cl)CCC(O)C1. The topological polar surface area (TPSA) is 20.2 Å². The lowest BCUT2D eigenvalue weighted by Gasteiger charge is -2.22. The third-order valence-electron chi connectivity index (χ3n) is 3.09. The van der Waals surface area contributed by atoms with Crippen molar-refractivity contribution in [3.8, 4) is 0 Å². The Bertz CT molecular complexity index is 323. The molecule has 2 atom stereocenters. The van der Waals surface area contributed by atoms with Gasteiger partial charge in [-0.3, -0.25) is 0 Å². The molecule has 1 N–H and O–H groups in total. The average Bonchev–Trinajstić information content (AvgIpc) is 2.62. The van der Waals surface area contributed by atoms with Crippen molar-refractivity contribution in [2.75, 3.05) is 0 Å². The van der Waals surface area contributed by atoms with E-state index in [2.05, 4.69) is 6.92 Å². The molecule has 1 nitrogen and oxygen atoms in total. The van der Waals surface area contributed by atoms with Crippen LogP contribution in [0, 0.1) is 5.41 Å². The molecule has 78 valence electrons. The first-order valence-electron chi connectivity index (χ1n) is 4.99. The van der Waals surface area contributed by atoms with Gasteiger partial charge in [-0.2, -0.15) is 0 Å². The molecule has 2 rings (SSSR count). The Morgan fingerprint density at radius 3 is 3.00 bits per heavy atom. The van der Waals surface area contributed by atoms with E-state index in [4.69, 9.17) is 11.6 Å². The second-order valence-corrected chi connectivity index (χ2v) is 5.98. The highest BCUT2D eigenvalue weighted by molar-refractivity contribution is 7.10. The summed E-state index contributed by atoms with van der Waals surface area (Å²) in [6.45, 7) is 2.25. The fraction of sp³-hybridized carbons (Fsp3) is 0.636. The largest absolute Gasteiger partial charge is 0.393 e. The summed E-state index contributed by atoms with van der Waals surface area (Å²) in [5.74, 6) is 0. The first-order valence-corrected chi connectivity index (χ1v) is 6.25. The molecule has 0 amide bonds. The van der Waals surface area contributed by atoms with E-state index in [1.54, 1.807) is 11.3 Å². The van der Waals surface area contributed by atoms with Crippen molar-refractivity contribution in [3.05, 3.63) is 21.3 Å². The lowest BCUT2D eigenvalue weighted by Crippen LogP contribution is -2.16. The van der Waals surface area contributed by atoms with Crippen LogP contribution in [0.4, 0.5) is 0 Å². The Kier molecular flexibility index (Phi) is 2.87. The number of thiophene rings is 1. The lowest BCUT2D eigenvalue weighted by atomic mass is 9.84. The Morgan fingerprint density at radius 2 is 2.50 bits per heavy atom. The van der Waals surface area contributed by atoms with Crippen molar-refractivity contribution in [2.24, 2.45) is 5.41 Å². The molecule has 0 spiro atoms. The summed E-state index contributed by atoms with van der Waals surface area (Å²) < 4.78 is 0. The van der Waals surface area contributed by atoms with E-state index in [9.17, 15) is 5.11 Å². The van der Waals surface area contributed by atoms with Gasteiger partial charge in [0.25, 0.3) is 0 Å². The monoisotopic (exact) mass is 230 g/mol. The van der Waals surface area contributed by atoms with Crippen LogP contribution < -0.4 is 0 Å². The van der Waals surface area contributed by atoms with Gasteiger partial charge in [0.05, 0.1) is 11.1 Å². The molecular weight excluding hydrogens is 216 g/mol. The minimum absolute atomic E-state index is 0.0984. The van der Waals surface area contributed by atoms with E-state index in [0.717, 1.165) is 30.7 Å². The molecule has 1 fully saturated rings. The van der Waals surface area contributed by atoms with Crippen molar-refractivity contribution in [3.63, 3.8) is 0 Å². The molecule has 0 bridgehead atoms. The number of aliphatic hydroxyl groups excluding tert-OH is 1. The molecule has 1 aliphatic rings. The Labute approximate surface area is 93.7 Å². The van der Waals surface area contributed by atoms with Gasteiger partial charge >= 0.3 is 0 Å². The number of aliphatic hydroxyl groups is 1. The highest BCUT2D eigenvalue weighted by Crippen LogP contribution is 2.42. The minimum atomic E-state index is -0.0984. The summed E-state index contributed by atoms with van der Waals surface area (Å²) in [5.41, 5.74) is 0.258. The van der Waals surface area contributed by atoms with Crippen LogP contribution >= 0.6 is 22.9 Å². The molecule has 1 saturated carbocycles. The predicted molar refractivity (Wildman–Crippen MR) is 61.0 cm³/mol. The van der Waals surface area contributed by atoms with Crippen LogP contribution in [-0.4, -0.2) is 11.2 Å². The van der Waals surface area contributed by atoms with Gasteiger partial charge in [-0.1, -0.05) is 18.5 Å². The fourth-order valence-corrected chi connectivity index (χ4v) is 3.61. The Morgan fingerprint density at radius 1 is 1.71 bits per heavy atom. The summed E-state index contributed by atoms with van der Waals surface area (Å²) in [6, 6.07) is 1.95. The zero-order valence-corrected chi connectivity index (χ0v) is 9.87. The highest BCUT2D eigenvalue weighted by atomic mass is 35.5. The zero-order chi connectivity index (χ0) is 10.2. The molecular formula is C11H15ClOS. The number of halogens is 1. The average molecular weight is 231 g/mol. The second kappa shape index (κ2) is 3.84. The van der Waals surface area contributed by atoms with Gasteiger partial charge in [0.2, 0.25) is 0 Å². The molecule has 0 aromatic carbocycles. The van der Waals surface area contributed by atoms with Gasteiger partial charge in [0.1, 0.15) is 0 Å². The number of rotatable bonds is 2. The highest BCUT2D eigenvalue weighted by Gasteiger charge is 2.34. The van der Waals surface area contributed by atoms with Crippen molar-refractivity contribution in [2.45, 2.75) is 38.7 Å². The molecule has 1 aromatic heterocycles. The summed E-state index contributed by atoms with van der Waals surface area (Å²) in [6.07, 6.45) is 3.89. The smallest absolute Gasteiger partial charge is 0.0545 e. The Balaban J connectivity index is 2.07. The molecule has 1 aromatic rings. The molecule has 14 heavy (non-hydrogen) atoms. The third-order valence-corrected chi connectivity index (χ3v) is 4.48. The molecule has 0 radical (unpaired) electrons. The summed E-state index contributed by atoms with van der Waals surface area (Å²) in [4.78, 5) is 1.27. The van der Waals surface area contributed by atoms with Crippen molar-refractivity contribution >= 4 is 22.9 Å². The number of hydrogen-bond donors (Lipinski definition) is 1. The molecule has 2 unspecified atom stereocenters. The molecule has 1 aliphatic carbocycles. The predicted octanol–water partition coefficient (Wildman–Crippen LogP) is 3.50. The van der Waals surface area contributed by atoms with E-state index < -0.39 is 0 Å².